The number of piperidine rings is 2. The Hall–Kier alpha value is -2.84. The largest absolute Gasteiger partial charge is 0.497 e. The number of hydrogen-bond donors (Lipinski definition) is 4. The minimum atomic E-state index is -0.437. The van der Waals surface area contributed by atoms with E-state index in [0.29, 0.717) is 13.1 Å². The van der Waals surface area contributed by atoms with E-state index in [1.165, 1.54) is 11.6 Å². The second kappa shape index (κ2) is 8.26. The molecule has 2 saturated heterocycles. The Kier molecular flexibility index (Phi) is 5.43. The monoisotopic (exact) mass is 440 g/mol. The molecule has 1 spiro atoms. The first-order chi connectivity index (χ1) is 15.5. The number of fused-ring (bicyclic) bond motifs is 4. The summed E-state index contributed by atoms with van der Waals surface area (Å²) in [5.41, 5.74) is 2.48. The van der Waals surface area contributed by atoms with Crippen LogP contribution in [0.1, 0.15) is 24.3 Å². The van der Waals surface area contributed by atoms with Crippen molar-refractivity contribution in [3.63, 3.8) is 0 Å². The van der Waals surface area contributed by atoms with Gasteiger partial charge in [-0.05, 0) is 42.0 Å². The van der Waals surface area contributed by atoms with Crippen LogP contribution in [0.3, 0.4) is 0 Å². The van der Waals surface area contributed by atoms with E-state index in [1.54, 1.807) is 30.2 Å². The highest BCUT2D eigenvalue weighted by Crippen LogP contribution is 2.54. The molecule has 0 aromatic heterocycles. The van der Waals surface area contributed by atoms with Crippen LogP contribution >= 0.6 is 0 Å². The predicted molar refractivity (Wildman–Crippen MR) is 121 cm³/mol. The SMILES string of the molecule is COc1ccc2c(c1)NC1C(CO)NCC3(CCN(C(=O)Nc4ccccc4F)CC3)C21. The molecule has 32 heavy (non-hydrogen) atoms. The van der Waals surface area contributed by atoms with Gasteiger partial charge in [0.2, 0.25) is 0 Å². The molecule has 3 aliphatic heterocycles. The van der Waals surface area contributed by atoms with Gasteiger partial charge in [0.15, 0.2) is 0 Å². The van der Waals surface area contributed by atoms with E-state index < -0.39 is 5.82 Å². The van der Waals surface area contributed by atoms with E-state index in [-0.39, 0.29) is 41.7 Å². The number of carbonyl (C=O) groups is 1. The number of benzene rings is 2. The molecule has 0 saturated carbocycles. The normalized spacial score (nSPS) is 25.6. The molecule has 7 nitrogen and oxygen atoms in total. The van der Waals surface area contributed by atoms with E-state index in [1.807, 2.05) is 12.1 Å². The van der Waals surface area contributed by atoms with Crippen LogP contribution in [0.2, 0.25) is 0 Å². The average Bonchev–Trinajstić information content (AvgIpc) is 3.21. The van der Waals surface area contributed by atoms with Gasteiger partial charge < -0.3 is 30.7 Å². The Morgan fingerprint density at radius 3 is 2.78 bits per heavy atom. The van der Waals surface area contributed by atoms with Gasteiger partial charge in [0.1, 0.15) is 11.6 Å². The van der Waals surface area contributed by atoms with Crippen molar-refractivity contribution < 1.29 is 19.0 Å². The van der Waals surface area contributed by atoms with Crippen molar-refractivity contribution >= 4 is 17.4 Å². The van der Waals surface area contributed by atoms with Crippen LogP contribution in [0, 0.1) is 11.2 Å². The molecule has 0 bridgehead atoms. The summed E-state index contributed by atoms with van der Waals surface area (Å²) in [4.78, 5) is 14.5. The number of nitrogens with one attached hydrogen (secondary N) is 3. The van der Waals surface area contributed by atoms with Crippen LogP contribution in [-0.4, -0.2) is 61.5 Å². The highest BCUT2D eigenvalue weighted by Gasteiger charge is 2.54. The summed E-state index contributed by atoms with van der Waals surface area (Å²) < 4.78 is 19.3. The van der Waals surface area contributed by atoms with E-state index in [4.69, 9.17) is 4.74 Å². The molecule has 4 N–H and O–H groups in total. The highest BCUT2D eigenvalue weighted by molar-refractivity contribution is 5.89. The number of methoxy groups -OCH3 is 1. The Morgan fingerprint density at radius 1 is 1.28 bits per heavy atom. The molecule has 2 amide bonds. The first kappa shape index (κ1) is 21.0. The maximum Gasteiger partial charge on any atom is 0.321 e. The minimum Gasteiger partial charge on any atom is -0.497 e. The fourth-order valence-corrected chi connectivity index (χ4v) is 5.71. The molecule has 3 unspecified atom stereocenters. The zero-order chi connectivity index (χ0) is 22.3. The third kappa shape index (κ3) is 3.47. The number of para-hydroxylation sites is 1. The number of anilines is 2. The molecule has 3 atom stereocenters. The van der Waals surface area contributed by atoms with Crippen LogP contribution in [0.25, 0.3) is 0 Å². The van der Waals surface area contributed by atoms with Crippen molar-refractivity contribution in [2.45, 2.75) is 30.8 Å². The number of urea groups is 1. The minimum absolute atomic E-state index is 0.0298. The Balaban J connectivity index is 1.35. The first-order valence-corrected chi connectivity index (χ1v) is 11.1. The topological polar surface area (TPSA) is 85.9 Å². The molecule has 5 rings (SSSR count). The Morgan fingerprint density at radius 2 is 2.06 bits per heavy atom. The molecule has 2 aromatic carbocycles. The lowest BCUT2D eigenvalue weighted by molar-refractivity contribution is 0.0462. The number of aliphatic hydroxyl groups is 1. The molecule has 0 aliphatic carbocycles. The number of rotatable bonds is 3. The van der Waals surface area contributed by atoms with E-state index in [9.17, 15) is 14.3 Å². The standard InChI is InChI=1S/C24H29FN4O3/c1-32-15-6-7-16-19(12-15)27-22-20(13-30)26-14-24(21(16)22)8-10-29(11-9-24)23(31)28-18-5-3-2-4-17(18)25/h2-7,12,20-22,26-27,30H,8-11,13-14H2,1H3,(H,28,31). The number of hydrogen-bond acceptors (Lipinski definition) is 5. The molecule has 2 aromatic rings. The zero-order valence-electron chi connectivity index (χ0n) is 18.1. The third-order valence-electron chi connectivity index (χ3n) is 7.44. The number of aliphatic hydroxyl groups excluding tert-OH is 1. The number of halogens is 1. The van der Waals surface area contributed by atoms with Gasteiger partial charge in [-0.3, -0.25) is 0 Å². The lowest BCUT2D eigenvalue weighted by atomic mass is 9.61. The van der Waals surface area contributed by atoms with Crippen LogP contribution < -0.4 is 20.7 Å². The average molecular weight is 441 g/mol. The van der Waals surface area contributed by atoms with Crippen LogP contribution in [0.15, 0.2) is 42.5 Å². The van der Waals surface area contributed by atoms with Gasteiger partial charge in [-0.1, -0.05) is 18.2 Å². The Labute approximate surface area is 186 Å². The second-order valence-corrected chi connectivity index (χ2v) is 9.03. The molecular weight excluding hydrogens is 411 g/mol. The van der Waals surface area contributed by atoms with Gasteiger partial charge in [-0.15, -0.1) is 0 Å². The van der Waals surface area contributed by atoms with Crippen molar-refractivity contribution in [1.29, 1.82) is 0 Å². The van der Waals surface area contributed by atoms with Gasteiger partial charge in [0.25, 0.3) is 0 Å². The molecule has 2 fully saturated rings. The molecule has 3 aliphatic rings. The maximum atomic E-state index is 13.9. The number of nitrogens with zero attached hydrogens (tertiary/aromatic N) is 1. The highest BCUT2D eigenvalue weighted by atomic mass is 19.1. The molecule has 3 heterocycles. The lowest BCUT2D eigenvalue weighted by Gasteiger charge is -2.52. The van der Waals surface area contributed by atoms with E-state index in [2.05, 4.69) is 22.0 Å². The lowest BCUT2D eigenvalue weighted by Crippen LogP contribution is -2.62. The van der Waals surface area contributed by atoms with Crippen molar-refractivity contribution in [3.8, 4) is 5.75 Å². The third-order valence-corrected chi connectivity index (χ3v) is 7.44. The van der Waals surface area contributed by atoms with E-state index >= 15 is 0 Å². The first-order valence-electron chi connectivity index (χ1n) is 11.1. The van der Waals surface area contributed by atoms with Crippen molar-refractivity contribution in [2.75, 3.05) is 44.0 Å². The van der Waals surface area contributed by atoms with Crippen LogP contribution in [-0.2, 0) is 0 Å². The van der Waals surface area contributed by atoms with Gasteiger partial charge in [0, 0.05) is 37.3 Å². The summed E-state index contributed by atoms with van der Waals surface area (Å²) in [5.74, 6) is 0.600. The predicted octanol–water partition coefficient (Wildman–Crippen LogP) is 2.99. The van der Waals surface area contributed by atoms with Crippen molar-refractivity contribution in [2.24, 2.45) is 5.41 Å². The molecule has 8 heteroatoms. The van der Waals surface area contributed by atoms with E-state index in [0.717, 1.165) is 30.8 Å². The van der Waals surface area contributed by atoms with Crippen LogP contribution in [0.4, 0.5) is 20.6 Å². The summed E-state index contributed by atoms with van der Waals surface area (Å²) in [6, 6.07) is 12.1. The van der Waals surface area contributed by atoms with Gasteiger partial charge in [-0.25, -0.2) is 9.18 Å². The van der Waals surface area contributed by atoms with Crippen LogP contribution in [0.5, 0.6) is 5.75 Å². The summed E-state index contributed by atoms with van der Waals surface area (Å²) in [7, 11) is 1.66. The number of amides is 2. The van der Waals surface area contributed by atoms with Gasteiger partial charge >= 0.3 is 6.03 Å². The zero-order valence-corrected chi connectivity index (χ0v) is 18.1. The quantitative estimate of drug-likeness (QED) is 0.590. The van der Waals surface area contributed by atoms with Gasteiger partial charge in [0.05, 0.1) is 31.5 Å². The smallest absolute Gasteiger partial charge is 0.321 e. The Bertz CT molecular complexity index is 1010. The summed E-state index contributed by atoms with van der Waals surface area (Å²) in [6.07, 6.45) is 1.66. The fourth-order valence-electron chi connectivity index (χ4n) is 5.71. The molecule has 0 radical (unpaired) electrons. The molecule has 170 valence electrons. The van der Waals surface area contributed by atoms with Crippen molar-refractivity contribution in [3.05, 3.63) is 53.8 Å². The second-order valence-electron chi connectivity index (χ2n) is 9.03. The summed E-state index contributed by atoms with van der Waals surface area (Å²) in [5, 5.41) is 19.8. The number of carbonyl (C=O) groups excluding carboxylic acids is 1. The summed E-state index contributed by atoms with van der Waals surface area (Å²) in [6.45, 7) is 2.04. The van der Waals surface area contributed by atoms with Crippen molar-refractivity contribution in [1.82, 2.24) is 10.2 Å². The fraction of sp³-hybridized carbons (Fsp3) is 0.458. The number of likely N-dealkylation sites (tertiary alicyclic amines) is 1. The number of ether oxygens (including phenoxy) is 1. The molecular formula is C24H29FN4O3. The summed E-state index contributed by atoms with van der Waals surface area (Å²) >= 11 is 0. The van der Waals surface area contributed by atoms with Gasteiger partial charge in [-0.2, -0.15) is 0 Å². The maximum absolute atomic E-state index is 13.9.